The Balaban J connectivity index is 1.96. The summed E-state index contributed by atoms with van der Waals surface area (Å²) in [4.78, 5) is 14.0. The molecule has 1 aliphatic rings. The summed E-state index contributed by atoms with van der Waals surface area (Å²) in [5.41, 5.74) is 1.14. The zero-order valence-corrected chi connectivity index (χ0v) is 12.8. The number of likely N-dealkylation sites (N-methyl/N-ethyl adjacent to an activating group) is 1. The first kappa shape index (κ1) is 13.9. The minimum atomic E-state index is -0.0313. The van der Waals surface area contributed by atoms with Crippen LogP contribution in [0.2, 0.25) is 0 Å². The van der Waals surface area contributed by atoms with E-state index in [-0.39, 0.29) is 11.9 Å². The Morgan fingerprint density at radius 3 is 3.00 bits per heavy atom. The lowest BCUT2D eigenvalue weighted by atomic mass is 10.2. The fourth-order valence-corrected chi connectivity index (χ4v) is 3.29. The van der Waals surface area contributed by atoms with Gasteiger partial charge in [-0.15, -0.1) is 0 Å². The van der Waals surface area contributed by atoms with Crippen LogP contribution in [0.1, 0.15) is 5.56 Å². The van der Waals surface area contributed by atoms with Gasteiger partial charge in [-0.1, -0.05) is 34.1 Å². The number of hydrogen-bond acceptors (Lipinski definition) is 3. The van der Waals surface area contributed by atoms with Gasteiger partial charge < -0.3 is 10.2 Å². The van der Waals surface area contributed by atoms with E-state index in [2.05, 4.69) is 21.2 Å². The lowest BCUT2D eigenvalue weighted by Crippen LogP contribution is -2.49. The molecule has 1 aliphatic heterocycles. The summed E-state index contributed by atoms with van der Waals surface area (Å²) in [6.45, 7) is 1.56. The van der Waals surface area contributed by atoms with Crippen molar-refractivity contribution in [3.63, 3.8) is 0 Å². The minimum Gasteiger partial charge on any atom is -0.340 e. The van der Waals surface area contributed by atoms with Crippen molar-refractivity contribution in [1.82, 2.24) is 10.2 Å². The van der Waals surface area contributed by atoms with Crippen LogP contribution in [-0.4, -0.2) is 41.9 Å². The van der Waals surface area contributed by atoms with Crippen LogP contribution < -0.4 is 5.32 Å². The van der Waals surface area contributed by atoms with Gasteiger partial charge in [0.2, 0.25) is 5.91 Å². The second-order valence-electron chi connectivity index (χ2n) is 4.37. The van der Waals surface area contributed by atoms with E-state index in [0.717, 1.165) is 28.1 Å². The van der Waals surface area contributed by atoms with Gasteiger partial charge in [-0.25, -0.2) is 0 Å². The van der Waals surface area contributed by atoms with Crippen LogP contribution in [0, 0.1) is 0 Å². The lowest BCUT2D eigenvalue weighted by Gasteiger charge is -2.27. The molecule has 0 radical (unpaired) electrons. The molecule has 1 amide bonds. The molecule has 0 aromatic heterocycles. The average molecular weight is 329 g/mol. The first-order valence-electron chi connectivity index (χ1n) is 5.98. The number of nitrogens with one attached hydrogen (secondary N) is 1. The van der Waals surface area contributed by atoms with Gasteiger partial charge in [0.1, 0.15) is 0 Å². The number of rotatable bonds is 3. The molecule has 1 heterocycles. The first-order chi connectivity index (χ1) is 8.68. The maximum Gasteiger partial charge on any atom is 0.240 e. The largest absolute Gasteiger partial charge is 0.340 e. The number of nitrogens with zero attached hydrogens (tertiary/aromatic N) is 1. The Morgan fingerprint density at radius 1 is 1.56 bits per heavy atom. The van der Waals surface area contributed by atoms with Crippen LogP contribution in [-0.2, 0) is 11.3 Å². The van der Waals surface area contributed by atoms with Crippen LogP contribution in [0.3, 0.4) is 0 Å². The Bertz CT molecular complexity index is 421. The molecule has 0 spiro atoms. The molecule has 0 aliphatic carbocycles. The highest BCUT2D eigenvalue weighted by molar-refractivity contribution is 9.10. The molecular weight excluding hydrogens is 312 g/mol. The third kappa shape index (κ3) is 3.49. The molecule has 1 aromatic carbocycles. The maximum atomic E-state index is 12.2. The summed E-state index contributed by atoms with van der Waals surface area (Å²) < 4.78 is 1.05. The highest BCUT2D eigenvalue weighted by Crippen LogP contribution is 2.18. The van der Waals surface area contributed by atoms with E-state index in [1.807, 2.05) is 43.1 Å². The molecule has 1 aromatic rings. The Hall–Kier alpha value is -0.520. The van der Waals surface area contributed by atoms with Crippen LogP contribution in [0.5, 0.6) is 0 Å². The van der Waals surface area contributed by atoms with Crippen molar-refractivity contribution in [2.45, 2.75) is 12.6 Å². The van der Waals surface area contributed by atoms with Crippen molar-refractivity contribution in [1.29, 1.82) is 0 Å². The number of carbonyl (C=O) groups excluding carboxylic acids is 1. The van der Waals surface area contributed by atoms with E-state index in [9.17, 15) is 4.79 Å². The van der Waals surface area contributed by atoms with Crippen molar-refractivity contribution in [2.75, 3.05) is 25.1 Å². The molecule has 98 valence electrons. The monoisotopic (exact) mass is 328 g/mol. The molecule has 1 unspecified atom stereocenters. The highest BCUT2D eigenvalue weighted by atomic mass is 79.9. The van der Waals surface area contributed by atoms with Crippen molar-refractivity contribution in [2.24, 2.45) is 0 Å². The maximum absolute atomic E-state index is 12.2. The van der Waals surface area contributed by atoms with E-state index >= 15 is 0 Å². The van der Waals surface area contributed by atoms with Gasteiger partial charge in [-0.3, -0.25) is 4.79 Å². The molecule has 2 rings (SSSR count). The normalized spacial score (nSPS) is 19.6. The van der Waals surface area contributed by atoms with E-state index in [1.165, 1.54) is 0 Å². The predicted molar refractivity (Wildman–Crippen MR) is 79.7 cm³/mol. The summed E-state index contributed by atoms with van der Waals surface area (Å²) >= 11 is 5.35. The zero-order chi connectivity index (χ0) is 13.0. The fraction of sp³-hybridized carbons (Fsp3) is 0.462. The van der Waals surface area contributed by atoms with Gasteiger partial charge in [-0.05, 0) is 11.6 Å². The van der Waals surface area contributed by atoms with Gasteiger partial charge in [0.05, 0.1) is 6.04 Å². The van der Waals surface area contributed by atoms with E-state index in [0.29, 0.717) is 6.54 Å². The Kier molecular flexibility index (Phi) is 5.09. The van der Waals surface area contributed by atoms with Crippen molar-refractivity contribution in [3.8, 4) is 0 Å². The number of benzene rings is 1. The molecule has 0 saturated carbocycles. The molecule has 1 N–H and O–H groups in total. The van der Waals surface area contributed by atoms with Gasteiger partial charge in [-0.2, -0.15) is 11.8 Å². The number of halogens is 1. The minimum absolute atomic E-state index is 0.0313. The quantitative estimate of drug-likeness (QED) is 0.922. The number of thioether (sulfide) groups is 1. The summed E-state index contributed by atoms with van der Waals surface area (Å²) in [5.74, 6) is 2.15. The van der Waals surface area contributed by atoms with Gasteiger partial charge >= 0.3 is 0 Å². The second-order valence-corrected chi connectivity index (χ2v) is 6.37. The summed E-state index contributed by atoms with van der Waals surface area (Å²) in [5, 5.41) is 3.28. The third-order valence-corrected chi connectivity index (χ3v) is 4.80. The molecule has 1 fully saturated rings. The molecule has 18 heavy (non-hydrogen) atoms. The van der Waals surface area contributed by atoms with Crippen molar-refractivity contribution >= 4 is 33.6 Å². The van der Waals surface area contributed by atoms with Crippen molar-refractivity contribution in [3.05, 3.63) is 34.3 Å². The van der Waals surface area contributed by atoms with Crippen LogP contribution in [0.4, 0.5) is 0 Å². The summed E-state index contributed by atoms with van der Waals surface area (Å²) in [6.07, 6.45) is 0. The topological polar surface area (TPSA) is 32.3 Å². The third-order valence-electron chi connectivity index (χ3n) is 2.96. The molecule has 1 saturated heterocycles. The SMILES string of the molecule is CN(Cc1ccccc1Br)C(=O)C1CSCCN1. The predicted octanol–water partition coefficient (Wildman–Crippen LogP) is 2.11. The first-order valence-corrected chi connectivity index (χ1v) is 7.93. The standard InChI is InChI=1S/C13H17BrN2OS/c1-16(8-10-4-2-3-5-11(10)14)13(17)12-9-18-7-6-15-12/h2-5,12,15H,6-9H2,1H3. The lowest BCUT2D eigenvalue weighted by molar-refractivity contribution is -0.132. The summed E-state index contributed by atoms with van der Waals surface area (Å²) in [7, 11) is 1.86. The Labute approximate surface area is 120 Å². The molecule has 1 atom stereocenters. The highest BCUT2D eigenvalue weighted by Gasteiger charge is 2.24. The van der Waals surface area contributed by atoms with Gasteiger partial charge in [0, 0.05) is 36.1 Å². The average Bonchev–Trinajstić information content (AvgIpc) is 2.41. The van der Waals surface area contributed by atoms with Gasteiger partial charge in [0.25, 0.3) is 0 Å². The molecule has 5 heteroatoms. The smallest absolute Gasteiger partial charge is 0.240 e. The van der Waals surface area contributed by atoms with Crippen molar-refractivity contribution < 1.29 is 4.79 Å². The van der Waals surface area contributed by atoms with Crippen LogP contribution in [0.25, 0.3) is 0 Å². The van der Waals surface area contributed by atoms with E-state index < -0.39 is 0 Å². The van der Waals surface area contributed by atoms with E-state index in [1.54, 1.807) is 4.90 Å². The van der Waals surface area contributed by atoms with Crippen LogP contribution in [0.15, 0.2) is 28.7 Å². The number of carbonyl (C=O) groups is 1. The van der Waals surface area contributed by atoms with Gasteiger partial charge in [0.15, 0.2) is 0 Å². The summed E-state index contributed by atoms with van der Waals surface area (Å²) in [6, 6.07) is 7.98. The number of amides is 1. The Morgan fingerprint density at radius 2 is 2.33 bits per heavy atom. The molecular formula is C13H17BrN2OS. The fourth-order valence-electron chi connectivity index (χ4n) is 1.95. The van der Waals surface area contributed by atoms with Crippen LogP contribution >= 0.6 is 27.7 Å². The molecule has 0 bridgehead atoms. The zero-order valence-electron chi connectivity index (χ0n) is 10.4. The second kappa shape index (κ2) is 6.59. The molecule has 3 nitrogen and oxygen atoms in total. The van der Waals surface area contributed by atoms with E-state index in [4.69, 9.17) is 0 Å². The number of hydrogen-bond donors (Lipinski definition) is 1.